The molecule has 3 aromatic rings. The summed E-state index contributed by atoms with van der Waals surface area (Å²) in [4.78, 5) is 8.15. The Morgan fingerprint density at radius 1 is 1.00 bits per heavy atom. The summed E-state index contributed by atoms with van der Waals surface area (Å²) >= 11 is 12.3. The van der Waals surface area contributed by atoms with Crippen molar-refractivity contribution in [2.24, 2.45) is 0 Å². The van der Waals surface area contributed by atoms with Gasteiger partial charge < -0.3 is 5.32 Å². The molecule has 0 fully saturated rings. The molecule has 0 radical (unpaired) electrons. The highest BCUT2D eigenvalue weighted by atomic mass is 35.5. The summed E-state index contributed by atoms with van der Waals surface area (Å²) in [7, 11) is 0. The van der Waals surface area contributed by atoms with Crippen LogP contribution in [0.1, 0.15) is 11.3 Å². The molecule has 2 aromatic carbocycles. The molecule has 0 spiro atoms. The number of hydrogen-bond donors (Lipinski definition) is 1. The third-order valence-corrected chi connectivity index (χ3v) is 4.01. The van der Waals surface area contributed by atoms with Gasteiger partial charge in [-0.1, -0.05) is 53.5 Å². The molecule has 1 N–H and O–H groups in total. The summed E-state index contributed by atoms with van der Waals surface area (Å²) in [5.74, 6) is 0.603. The number of nitrogens with one attached hydrogen (secondary N) is 1. The van der Waals surface area contributed by atoms with Crippen molar-refractivity contribution in [2.45, 2.75) is 6.54 Å². The maximum atomic E-state index is 8.75. The van der Waals surface area contributed by atoms with Crippen molar-refractivity contribution in [3.8, 4) is 17.2 Å². The topological polar surface area (TPSA) is 61.6 Å². The number of halogens is 2. The number of benzene rings is 2. The molecule has 0 saturated carbocycles. The molecule has 1 heterocycles. The van der Waals surface area contributed by atoms with Crippen LogP contribution in [-0.4, -0.2) is 9.97 Å². The van der Waals surface area contributed by atoms with Crippen molar-refractivity contribution in [1.82, 2.24) is 9.97 Å². The van der Waals surface area contributed by atoms with Crippen LogP contribution in [0.4, 0.5) is 5.82 Å². The minimum Gasteiger partial charge on any atom is -0.365 e. The highest BCUT2D eigenvalue weighted by Gasteiger charge is 2.09. The minimum absolute atomic E-state index is 0.286. The molecule has 0 unspecified atom stereocenters. The first-order valence-electron chi connectivity index (χ1n) is 7.17. The van der Waals surface area contributed by atoms with E-state index in [4.69, 9.17) is 28.5 Å². The summed E-state index contributed by atoms with van der Waals surface area (Å²) in [6.07, 6.45) is 2.97. The summed E-state index contributed by atoms with van der Waals surface area (Å²) in [5.41, 5.74) is 3.29. The smallest absolute Gasteiger partial charge is 0.158 e. The highest BCUT2D eigenvalue weighted by molar-refractivity contribution is 6.36. The molecule has 3 rings (SSSR count). The van der Waals surface area contributed by atoms with Crippen LogP contribution >= 0.6 is 23.2 Å². The van der Waals surface area contributed by atoms with E-state index in [0.717, 1.165) is 16.7 Å². The Morgan fingerprint density at radius 2 is 1.83 bits per heavy atom. The van der Waals surface area contributed by atoms with Crippen LogP contribution in [0, 0.1) is 11.3 Å². The van der Waals surface area contributed by atoms with E-state index in [2.05, 4.69) is 15.3 Å². The fraction of sp³-hybridized carbons (Fsp3) is 0.0556. The average Bonchev–Trinajstić information content (AvgIpc) is 2.61. The lowest BCUT2D eigenvalue weighted by Crippen LogP contribution is -2.03. The number of rotatable bonds is 4. The molecule has 0 aliphatic heterocycles. The minimum atomic E-state index is 0.286. The number of anilines is 1. The second-order valence-electron chi connectivity index (χ2n) is 5.03. The molecule has 0 saturated heterocycles. The third-order valence-electron chi connectivity index (χ3n) is 3.47. The zero-order chi connectivity index (χ0) is 16.9. The average molecular weight is 355 g/mol. The summed E-state index contributed by atoms with van der Waals surface area (Å²) in [5, 5.41) is 13.2. The lowest BCUT2D eigenvalue weighted by atomic mass is 9.99. The Bertz CT molecular complexity index is 902. The summed E-state index contributed by atoms with van der Waals surface area (Å²) < 4.78 is 0. The SMILES string of the molecule is N#Cc1cnc(NCc2ccccc2-c2ccc(Cl)cc2Cl)cn1. The van der Waals surface area contributed by atoms with Crippen molar-refractivity contribution >= 4 is 29.0 Å². The predicted molar refractivity (Wildman–Crippen MR) is 96.0 cm³/mol. The predicted octanol–water partition coefficient (Wildman–Crippen LogP) is 4.93. The molecule has 0 atom stereocenters. The molecule has 0 aliphatic carbocycles. The highest BCUT2D eigenvalue weighted by Crippen LogP contribution is 2.32. The largest absolute Gasteiger partial charge is 0.365 e. The molecule has 118 valence electrons. The van der Waals surface area contributed by atoms with Gasteiger partial charge in [-0.25, -0.2) is 9.97 Å². The zero-order valence-electron chi connectivity index (χ0n) is 12.5. The van der Waals surface area contributed by atoms with E-state index in [1.165, 1.54) is 12.4 Å². The lowest BCUT2D eigenvalue weighted by molar-refractivity contribution is 1.08. The van der Waals surface area contributed by atoms with Gasteiger partial charge in [-0.15, -0.1) is 0 Å². The maximum Gasteiger partial charge on any atom is 0.158 e. The van der Waals surface area contributed by atoms with E-state index in [-0.39, 0.29) is 5.69 Å². The number of nitriles is 1. The van der Waals surface area contributed by atoms with E-state index in [1.54, 1.807) is 6.07 Å². The van der Waals surface area contributed by atoms with Gasteiger partial charge in [-0.3, -0.25) is 0 Å². The van der Waals surface area contributed by atoms with E-state index < -0.39 is 0 Å². The van der Waals surface area contributed by atoms with Crippen LogP contribution in [0.5, 0.6) is 0 Å². The maximum absolute atomic E-state index is 8.75. The first kappa shape index (κ1) is 16.3. The van der Waals surface area contributed by atoms with Crippen LogP contribution in [0.15, 0.2) is 54.9 Å². The van der Waals surface area contributed by atoms with Gasteiger partial charge in [0.15, 0.2) is 5.69 Å². The van der Waals surface area contributed by atoms with Gasteiger partial charge in [-0.2, -0.15) is 5.26 Å². The van der Waals surface area contributed by atoms with Crippen LogP contribution in [-0.2, 0) is 6.54 Å². The Hall–Kier alpha value is -2.61. The van der Waals surface area contributed by atoms with Crippen molar-refractivity contribution < 1.29 is 0 Å². The zero-order valence-corrected chi connectivity index (χ0v) is 14.0. The molecule has 1 aromatic heterocycles. The molecule has 0 amide bonds. The van der Waals surface area contributed by atoms with Gasteiger partial charge in [0.2, 0.25) is 0 Å². The first-order valence-corrected chi connectivity index (χ1v) is 7.92. The van der Waals surface area contributed by atoms with E-state index in [1.807, 2.05) is 42.5 Å². The quantitative estimate of drug-likeness (QED) is 0.721. The standard InChI is InChI=1S/C18H12Cl2N4/c19-13-5-6-16(17(20)7-13)15-4-2-1-3-12(15)9-23-18-11-22-14(8-21)10-24-18/h1-7,10-11H,9H2,(H,23,24). The molecule has 0 bridgehead atoms. The van der Waals surface area contributed by atoms with Crippen molar-refractivity contribution in [3.05, 3.63) is 76.2 Å². The second-order valence-corrected chi connectivity index (χ2v) is 5.88. The van der Waals surface area contributed by atoms with Crippen LogP contribution in [0.2, 0.25) is 10.0 Å². The van der Waals surface area contributed by atoms with Gasteiger partial charge in [0.1, 0.15) is 11.9 Å². The van der Waals surface area contributed by atoms with Gasteiger partial charge in [-0.05, 0) is 23.3 Å². The fourth-order valence-corrected chi connectivity index (χ4v) is 2.82. The van der Waals surface area contributed by atoms with Gasteiger partial charge >= 0.3 is 0 Å². The van der Waals surface area contributed by atoms with Crippen molar-refractivity contribution in [3.63, 3.8) is 0 Å². The number of hydrogen-bond acceptors (Lipinski definition) is 4. The normalized spacial score (nSPS) is 10.2. The molecule has 6 heteroatoms. The van der Waals surface area contributed by atoms with Gasteiger partial charge in [0, 0.05) is 22.2 Å². The first-order chi connectivity index (χ1) is 11.7. The number of aromatic nitrogens is 2. The van der Waals surface area contributed by atoms with E-state index in [0.29, 0.717) is 22.4 Å². The van der Waals surface area contributed by atoms with Crippen molar-refractivity contribution in [1.29, 1.82) is 5.26 Å². The van der Waals surface area contributed by atoms with Crippen LogP contribution in [0.25, 0.3) is 11.1 Å². The Kier molecular flexibility index (Phi) is 4.95. The fourth-order valence-electron chi connectivity index (χ4n) is 2.31. The van der Waals surface area contributed by atoms with Crippen molar-refractivity contribution in [2.75, 3.05) is 5.32 Å². The molecule has 4 nitrogen and oxygen atoms in total. The molecule has 0 aliphatic rings. The summed E-state index contributed by atoms with van der Waals surface area (Å²) in [6, 6.07) is 15.4. The Balaban J connectivity index is 1.85. The monoisotopic (exact) mass is 354 g/mol. The van der Waals surface area contributed by atoms with E-state index in [9.17, 15) is 0 Å². The Morgan fingerprint density at radius 3 is 2.54 bits per heavy atom. The van der Waals surface area contributed by atoms with Gasteiger partial charge in [0.05, 0.1) is 12.4 Å². The third kappa shape index (κ3) is 3.65. The van der Waals surface area contributed by atoms with Gasteiger partial charge in [0.25, 0.3) is 0 Å². The summed E-state index contributed by atoms with van der Waals surface area (Å²) in [6.45, 7) is 0.551. The molecular formula is C18H12Cl2N4. The second kappa shape index (κ2) is 7.31. The Labute approximate surface area is 149 Å². The molecular weight excluding hydrogens is 343 g/mol. The molecule has 24 heavy (non-hydrogen) atoms. The van der Waals surface area contributed by atoms with Crippen LogP contribution in [0.3, 0.4) is 0 Å². The number of nitrogens with zero attached hydrogens (tertiary/aromatic N) is 3. The van der Waals surface area contributed by atoms with E-state index >= 15 is 0 Å². The van der Waals surface area contributed by atoms with Crippen LogP contribution < -0.4 is 5.32 Å². The lowest BCUT2D eigenvalue weighted by Gasteiger charge is -2.12.